The van der Waals surface area contributed by atoms with Crippen LogP contribution in [-0.2, 0) is 4.79 Å². The Labute approximate surface area is 233 Å². The van der Waals surface area contributed by atoms with Gasteiger partial charge in [0.25, 0.3) is 6.43 Å². The van der Waals surface area contributed by atoms with Crippen molar-refractivity contribution in [3.05, 3.63) is 65.5 Å². The van der Waals surface area contributed by atoms with Crippen LogP contribution in [0.15, 0.2) is 42.7 Å². The van der Waals surface area contributed by atoms with Gasteiger partial charge in [-0.3, -0.25) is 9.20 Å². The quantitative estimate of drug-likeness (QED) is 0.306. The average molecular weight is 566 g/mol. The van der Waals surface area contributed by atoms with Gasteiger partial charge in [-0.15, -0.1) is 0 Å². The van der Waals surface area contributed by atoms with E-state index in [1.54, 1.807) is 28.5 Å². The molecule has 3 heterocycles. The second kappa shape index (κ2) is 9.90. The fourth-order valence-corrected chi connectivity index (χ4v) is 5.65. The molecule has 2 unspecified atom stereocenters. The number of piperazine rings is 1. The molecule has 1 saturated heterocycles. The summed E-state index contributed by atoms with van der Waals surface area (Å²) < 4.78 is 58.9. The van der Waals surface area contributed by atoms with Crippen molar-refractivity contribution < 1.29 is 22.4 Å². The highest BCUT2D eigenvalue weighted by Crippen LogP contribution is 2.47. The van der Waals surface area contributed by atoms with Crippen LogP contribution in [0.4, 0.5) is 29.1 Å². The lowest BCUT2D eigenvalue weighted by molar-refractivity contribution is -0.135. The van der Waals surface area contributed by atoms with Crippen molar-refractivity contribution in [2.45, 2.75) is 45.2 Å². The van der Waals surface area contributed by atoms with Crippen molar-refractivity contribution in [2.75, 3.05) is 29.9 Å². The Morgan fingerprint density at radius 3 is 2.63 bits per heavy atom. The van der Waals surface area contributed by atoms with Crippen LogP contribution in [0.1, 0.15) is 50.3 Å². The number of nitrogens with one attached hydrogen (secondary N) is 1. The molecule has 2 aromatic carbocycles. The Morgan fingerprint density at radius 1 is 1.20 bits per heavy atom. The maximum atomic E-state index is 15.7. The second-order valence-electron chi connectivity index (χ2n) is 10.8. The molecule has 41 heavy (non-hydrogen) atoms. The number of aromatic nitrogens is 3. The van der Waals surface area contributed by atoms with Crippen LogP contribution < -0.4 is 10.2 Å². The first kappa shape index (κ1) is 26.8. The summed E-state index contributed by atoms with van der Waals surface area (Å²) in [6.45, 7) is 4.59. The van der Waals surface area contributed by atoms with Gasteiger partial charge in [0, 0.05) is 55.1 Å². The Morgan fingerprint density at radius 2 is 1.95 bits per heavy atom. The maximum absolute atomic E-state index is 15.7. The van der Waals surface area contributed by atoms with Crippen molar-refractivity contribution >= 4 is 34.1 Å². The molecule has 1 N–H and O–H groups in total. The van der Waals surface area contributed by atoms with Gasteiger partial charge in [-0.1, -0.05) is 18.2 Å². The normalized spacial score (nSPS) is 19.0. The maximum Gasteiger partial charge on any atom is 0.266 e. The van der Waals surface area contributed by atoms with Gasteiger partial charge in [0.2, 0.25) is 11.7 Å². The zero-order valence-electron chi connectivity index (χ0n) is 22.4. The molecular formula is C29H27F4N7O. The topological polar surface area (TPSA) is 89.6 Å². The lowest BCUT2D eigenvalue weighted by Crippen LogP contribution is -2.55. The number of imidazole rings is 1. The molecule has 2 aliphatic rings. The van der Waals surface area contributed by atoms with E-state index in [9.17, 15) is 23.2 Å². The number of carbonyl (C=O) groups is 1. The van der Waals surface area contributed by atoms with Crippen molar-refractivity contribution in [2.24, 2.45) is 5.41 Å². The summed E-state index contributed by atoms with van der Waals surface area (Å²) >= 11 is 0. The number of hydrogen-bond donors (Lipinski definition) is 1. The molecule has 1 saturated carbocycles. The third kappa shape index (κ3) is 4.49. The zero-order chi connectivity index (χ0) is 29.1. The van der Waals surface area contributed by atoms with Gasteiger partial charge in [0.1, 0.15) is 22.9 Å². The summed E-state index contributed by atoms with van der Waals surface area (Å²) in [5.74, 6) is -1.06. The van der Waals surface area contributed by atoms with Crippen molar-refractivity contribution in [1.29, 1.82) is 5.26 Å². The number of benzene rings is 2. The van der Waals surface area contributed by atoms with Crippen LogP contribution in [-0.4, -0.2) is 50.9 Å². The molecule has 1 aliphatic heterocycles. The molecule has 2 atom stereocenters. The van der Waals surface area contributed by atoms with E-state index in [0.29, 0.717) is 54.9 Å². The fraction of sp³-hybridized carbons (Fsp3) is 0.379. The largest absolute Gasteiger partial charge is 0.363 e. The highest BCUT2D eigenvalue weighted by atomic mass is 19.3. The van der Waals surface area contributed by atoms with E-state index in [4.69, 9.17) is 0 Å². The van der Waals surface area contributed by atoms with Gasteiger partial charge in [0.05, 0.1) is 28.9 Å². The third-order valence-corrected chi connectivity index (χ3v) is 8.12. The first-order valence-corrected chi connectivity index (χ1v) is 13.4. The minimum atomic E-state index is -2.96. The van der Waals surface area contributed by atoms with Gasteiger partial charge in [-0.2, -0.15) is 10.2 Å². The number of alkyl halides is 2. The summed E-state index contributed by atoms with van der Waals surface area (Å²) in [7, 11) is 0. The molecule has 1 amide bonds. The number of carbonyl (C=O) groups excluding carboxylic acids is 1. The summed E-state index contributed by atoms with van der Waals surface area (Å²) in [5, 5.41) is 13.1. The van der Waals surface area contributed by atoms with Gasteiger partial charge in [0.15, 0.2) is 0 Å². The number of nitrogens with zero attached hydrogens (tertiary/aromatic N) is 6. The highest BCUT2D eigenvalue weighted by molar-refractivity contribution is 5.94. The van der Waals surface area contributed by atoms with Crippen molar-refractivity contribution in [3.8, 4) is 6.07 Å². The van der Waals surface area contributed by atoms with Gasteiger partial charge >= 0.3 is 0 Å². The number of fused-ring (bicyclic) bond motifs is 3. The first-order valence-electron chi connectivity index (χ1n) is 13.4. The van der Waals surface area contributed by atoms with Crippen LogP contribution in [0.2, 0.25) is 0 Å². The van der Waals surface area contributed by atoms with Crippen LogP contribution in [0.3, 0.4) is 0 Å². The smallest absolute Gasteiger partial charge is 0.266 e. The van der Waals surface area contributed by atoms with E-state index in [-0.39, 0.29) is 23.3 Å². The predicted octanol–water partition coefficient (Wildman–Crippen LogP) is 5.61. The van der Waals surface area contributed by atoms with E-state index in [2.05, 4.69) is 21.4 Å². The molecule has 2 aromatic heterocycles. The summed E-state index contributed by atoms with van der Waals surface area (Å²) in [4.78, 5) is 25.3. The standard InChI is InChI=1S/C29H27F4N7O/c1-16-14-38(27(41)29(15-34)6-7-29)10-11-39(16)23-12-20-22(13-21(23)30)40-9-8-35-28(40)37-26(20)36-17(2)18-4-3-5-19(24(18)31)25(32)33/h3-5,8-9,12-13,16-17,25H,6-7,10-11,14H2,1-2H3,(H,35,36,37). The summed E-state index contributed by atoms with van der Waals surface area (Å²) in [6, 6.07) is 8.06. The van der Waals surface area contributed by atoms with Crippen molar-refractivity contribution in [1.82, 2.24) is 19.3 Å². The molecule has 0 radical (unpaired) electrons. The molecular weight excluding hydrogens is 538 g/mol. The minimum absolute atomic E-state index is 0.0449. The van der Waals surface area contributed by atoms with Crippen LogP contribution >= 0.6 is 0 Å². The number of hydrogen-bond acceptors (Lipinski definition) is 6. The van der Waals surface area contributed by atoms with Gasteiger partial charge in [-0.25, -0.2) is 22.5 Å². The zero-order valence-corrected chi connectivity index (χ0v) is 22.4. The van der Waals surface area contributed by atoms with E-state index in [1.807, 2.05) is 11.8 Å². The molecule has 2 fully saturated rings. The number of rotatable bonds is 6. The molecule has 8 nitrogen and oxygen atoms in total. The van der Waals surface area contributed by atoms with E-state index < -0.39 is 35.1 Å². The summed E-state index contributed by atoms with van der Waals surface area (Å²) in [5.41, 5.74) is -0.777. The first-order chi connectivity index (χ1) is 19.6. The Hall–Kier alpha value is -4.40. The molecule has 6 rings (SSSR count). The van der Waals surface area contributed by atoms with Crippen LogP contribution in [0.5, 0.6) is 0 Å². The molecule has 12 heteroatoms. The van der Waals surface area contributed by atoms with E-state index in [0.717, 1.165) is 6.07 Å². The minimum Gasteiger partial charge on any atom is -0.363 e. The monoisotopic (exact) mass is 565 g/mol. The van der Waals surface area contributed by atoms with Crippen LogP contribution in [0, 0.1) is 28.4 Å². The number of nitriles is 1. The van der Waals surface area contributed by atoms with Crippen molar-refractivity contribution in [3.63, 3.8) is 0 Å². The van der Waals surface area contributed by atoms with Gasteiger partial charge in [-0.05, 0) is 32.8 Å². The second-order valence-corrected chi connectivity index (χ2v) is 10.8. The third-order valence-electron chi connectivity index (χ3n) is 8.12. The number of amides is 1. The number of anilines is 2. The predicted molar refractivity (Wildman–Crippen MR) is 145 cm³/mol. The van der Waals surface area contributed by atoms with E-state index >= 15 is 4.39 Å². The average Bonchev–Trinajstić information content (AvgIpc) is 3.61. The molecule has 1 aliphatic carbocycles. The molecule has 0 bridgehead atoms. The van der Waals surface area contributed by atoms with E-state index in [1.165, 1.54) is 24.4 Å². The Balaban J connectivity index is 1.36. The summed E-state index contributed by atoms with van der Waals surface area (Å²) in [6.07, 6.45) is 1.35. The molecule has 0 spiro atoms. The molecule has 212 valence electrons. The highest BCUT2D eigenvalue weighted by Gasteiger charge is 2.53. The van der Waals surface area contributed by atoms with Crippen LogP contribution in [0.25, 0.3) is 16.7 Å². The number of halogens is 4. The Bertz CT molecular complexity index is 1710. The van der Waals surface area contributed by atoms with Gasteiger partial charge < -0.3 is 15.1 Å². The lowest BCUT2D eigenvalue weighted by atomic mass is 10.0. The molecule has 4 aromatic rings. The lowest BCUT2D eigenvalue weighted by Gasteiger charge is -2.42. The Kier molecular flexibility index (Phi) is 6.47. The fourth-order valence-electron chi connectivity index (χ4n) is 5.65. The SMILES string of the molecule is CC(Nc1nc2nccn2c2cc(F)c(N3CCN(C(=O)C4(C#N)CC4)CC3C)cc12)c1cccc(C(F)F)c1F.